The van der Waals surface area contributed by atoms with Crippen LogP contribution in [0.4, 0.5) is 11.4 Å². The van der Waals surface area contributed by atoms with Crippen molar-refractivity contribution in [1.29, 1.82) is 0 Å². The number of carbonyl (C=O) groups is 2. The second-order valence-corrected chi connectivity index (χ2v) is 4.03. The molecule has 5 nitrogen and oxygen atoms in total. The normalized spacial score (nSPS) is 17.1. The van der Waals surface area contributed by atoms with Gasteiger partial charge in [0.05, 0.1) is 17.8 Å². The van der Waals surface area contributed by atoms with Gasteiger partial charge < -0.3 is 16.0 Å². The molecule has 0 radical (unpaired) electrons. The lowest BCUT2D eigenvalue weighted by Crippen LogP contribution is -2.42. The summed E-state index contributed by atoms with van der Waals surface area (Å²) in [6.45, 7) is 3.92. The van der Waals surface area contributed by atoms with Crippen molar-refractivity contribution in [3.63, 3.8) is 0 Å². The van der Waals surface area contributed by atoms with E-state index in [-0.39, 0.29) is 18.2 Å². The Balaban J connectivity index is 2.01. The van der Waals surface area contributed by atoms with Crippen molar-refractivity contribution >= 4 is 23.2 Å². The van der Waals surface area contributed by atoms with Gasteiger partial charge in [0.2, 0.25) is 11.8 Å². The summed E-state index contributed by atoms with van der Waals surface area (Å²) >= 11 is 0. The first kappa shape index (κ1) is 12.2. The van der Waals surface area contributed by atoms with E-state index in [1.54, 1.807) is 6.08 Å². The Bertz CT molecular complexity index is 485. The van der Waals surface area contributed by atoms with E-state index >= 15 is 0 Å². The van der Waals surface area contributed by atoms with Crippen LogP contribution in [0.3, 0.4) is 0 Å². The number of fused-ring (bicyclic) bond motifs is 1. The van der Waals surface area contributed by atoms with Crippen molar-refractivity contribution in [2.75, 3.05) is 17.2 Å². The van der Waals surface area contributed by atoms with Gasteiger partial charge in [0.15, 0.2) is 0 Å². The fraction of sp³-hybridized carbons (Fsp3) is 0.231. The highest BCUT2D eigenvalue weighted by molar-refractivity contribution is 6.04. The second kappa shape index (κ2) is 5.35. The van der Waals surface area contributed by atoms with Crippen molar-refractivity contribution in [2.45, 2.75) is 12.5 Å². The molecule has 3 N–H and O–H groups in total. The number of hydrogen-bond acceptors (Lipinski definition) is 3. The maximum Gasteiger partial charge on any atom is 0.247 e. The molecule has 0 fully saturated rings. The van der Waals surface area contributed by atoms with Gasteiger partial charge in [0.1, 0.15) is 6.04 Å². The minimum Gasteiger partial charge on any atom is -0.372 e. The summed E-state index contributed by atoms with van der Waals surface area (Å²) in [5.41, 5.74) is 1.57. The van der Waals surface area contributed by atoms with Crippen molar-refractivity contribution in [3.8, 4) is 0 Å². The molecule has 1 aromatic rings. The SMILES string of the molecule is C=CCNC(=O)C[C@H]1Nc2ccccc2NC1=O. The Morgan fingerprint density at radius 2 is 2.11 bits per heavy atom. The van der Waals surface area contributed by atoms with E-state index in [4.69, 9.17) is 0 Å². The highest BCUT2D eigenvalue weighted by atomic mass is 16.2. The summed E-state index contributed by atoms with van der Waals surface area (Å²) in [7, 11) is 0. The van der Waals surface area contributed by atoms with Gasteiger partial charge in [-0.1, -0.05) is 18.2 Å². The van der Waals surface area contributed by atoms with Crippen LogP contribution in [0, 0.1) is 0 Å². The lowest BCUT2D eigenvalue weighted by molar-refractivity contribution is -0.124. The van der Waals surface area contributed by atoms with E-state index in [0.717, 1.165) is 11.4 Å². The molecular formula is C13H15N3O2. The predicted molar refractivity (Wildman–Crippen MR) is 70.3 cm³/mol. The molecule has 2 rings (SSSR count). The van der Waals surface area contributed by atoms with Crippen LogP contribution in [0.25, 0.3) is 0 Å². The first-order valence-corrected chi connectivity index (χ1v) is 5.74. The Kier molecular flexibility index (Phi) is 3.62. The molecule has 0 aromatic heterocycles. The summed E-state index contributed by atoms with van der Waals surface area (Å²) in [5, 5.41) is 8.47. The zero-order valence-electron chi connectivity index (χ0n) is 9.90. The van der Waals surface area contributed by atoms with Crippen molar-refractivity contribution in [2.24, 2.45) is 0 Å². The van der Waals surface area contributed by atoms with Gasteiger partial charge in [-0.3, -0.25) is 9.59 Å². The van der Waals surface area contributed by atoms with Gasteiger partial charge in [0.25, 0.3) is 0 Å². The molecule has 1 aliphatic rings. The fourth-order valence-electron chi connectivity index (χ4n) is 1.78. The molecule has 0 aliphatic carbocycles. The summed E-state index contributed by atoms with van der Waals surface area (Å²) < 4.78 is 0. The van der Waals surface area contributed by atoms with E-state index in [1.165, 1.54) is 0 Å². The topological polar surface area (TPSA) is 70.2 Å². The molecule has 1 aliphatic heterocycles. The molecule has 94 valence electrons. The highest BCUT2D eigenvalue weighted by Gasteiger charge is 2.26. The van der Waals surface area contributed by atoms with Crippen LogP contribution in [0.1, 0.15) is 6.42 Å². The van der Waals surface area contributed by atoms with Crippen LogP contribution in [0.5, 0.6) is 0 Å². The third-order valence-electron chi connectivity index (χ3n) is 2.66. The third kappa shape index (κ3) is 2.68. The summed E-state index contributed by atoms with van der Waals surface area (Å²) in [5.74, 6) is -0.371. The van der Waals surface area contributed by atoms with Crippen LogP contribution in [0.15, 0.2) is 36.9 Å². The number of carbonyl (C=O) groups excluding carboxylic acids is 2. The zero-order valence-corrected chi connectivity index (χ0v) is 9.90. The standard InChI is InChI=1S/C13H15N3O2/c1-2-7-14-12(17)8-11-13(18)16-10-6-4-3-5-9(10)15-11/h2-6,11,15H,1,7-8H2,(H,14,17)(H,16,18)/t11-/m1/s1. The number of hydrogen-bond donors (Lipinski definition) is 3. The molecular weight excluding hydrogens is 230 g/mol. The minimum atomic E-state index is -0.537. The number of amides is 2. The van der Waals surface area contributed by atoms with E-state index in [0.29, 0.717) is 6.54 Å². The molecule has 0 unspecified atom stereocenters. The molecule has 5 heteroatoms. The monoisotopic (exact) mass is 245 g/mol. The van der Waals surface area contributed by atoms with E-state index in [1.807, 2.05) is 24.3 Å². The maximum atomic E-state index is 11.8. The van der Waals surface area contributed by atoms with Crippen LogP contribution in [-0.4, -0.2) is 24.4 Å². The lowest BCUT2D eigenvalue weighted by atomic mass is 10.1. The molecule has 18 heavy (non-hydrogen) atoms. The van der Waals surface area contributed by atoms with Gasteiger partial charge in [-0.2, -0.15) is 0 Å². The van der Waals surface area contributed by atoms with Gasteiger partial charge in [-0.25, -0.2) is 0 Å². The quantitative estimate of drug-likeness (QED) is 0.696. The Morgan fingerprint density at radius 1 is 1.39 bits per heavy atom. The van der Waals surface area contributed by atoms with Gasteiger partial charge >= 0.3 is 0 Å². The molecule has 1 heterocycles. The maximum absolute atomic E-state index is 11.8. The Labute approximate surface area is 105 Å². The minimum absolute atomic E-state index is 0.105. The smallest absolute Gasteiger partial charge is 0.247 e. The van der Waals surface area contributed by atoms with E-state index < -0.39 is 6.04 Å². The lowest BCUT2D eigenvalue weighted by Gasteiger charge is -2.26. The van der Waals surface area contributed by atoms with Crippen molar-refractivity contribution < 1.29 is 9.59 Å². The van der Waals surface area contributed by atoms with Crippen LogP contribution in [-0.2, 0) is 9.59 Å². The molecule has 0 saturated carbocycles. The molecule has 0 spiro atoms. The predicted octanol–water partition coefficient (Wildman–Crippen LogP) is 1.11. The van der Waals surface area contributed by atoms with Gasteiger partial charge in [-0.05, 0) is 12.1 Å². The average Bonchev–Trinajstić information content (AvgIpc) is 2.37. The van der Waals surface area contributed by atoms with Gasteiger partial charge in [-0.15, -0.1) is 6.58 Å². The van der Waals surface area contributed by atoms with Crippen molar-refractivity contribution in [1.82, 2.24) is 5.32 Å². The highest BCUT2D eigenvalue weighted by Crippen LogP contribution is 2.26. The summed E-state index contributed by atoms with van der Waals surface area (Å²) in [6.07, 6.45) is 1.70. The Morgan fingerprint density at radius 3 is 2.83 bits per heavy atom. The molecule has 1 aromatic carbocycles. The zero-order chi connectivity index (χ0) is 13.0. The third-order valence-corrected chi connectivity index (χ3v) is 2.66. The number of para-hydroxylation sites is 2. The first-order valence-electron chi connectivity index (χ1n) is 5.74. The van der Waals surface area contributed by atoms with Crippen LogP contribution >= 0.6 is 0 Å². The van der Waals surface area contributed by atoms with E-state index in [9.17, 15) is 9.59 Å². The largest absolute Gasteiger partial charge is 0.372 e. The fourth-order valence-corrected chi connectivity index (χ4v) is 1.78. The number of anilines is 2. The molecule has 2 amide bonds. The van der Waals surface area contributed by atoms with Crippen LogP contribution < -0.4 is 16.0 Å². The number of nitrogens with one attached hydrogen (secondary N) is 3. The van der Waals surface area contributed by atoms with Crippen LogP contribution in [0.2, 0.25) is 0 Å². The number of benzene rings is 1. The summed E-state index contributed by atoms with van der Waals surface area (Å²) in [6, 6.07) is 6.86. The average molecular weight is 245 g/mol. The molecule has 1 atom stereocenters. The molecule has 0 saturated heterocycles. The first-order chi connectivity index (χ1) is 8.70. The van der Waals surface area contributed by atoms with E-state index in [2.05, 4.69) is 22.5 Å². The van der Waals surface area contributed by atoms with Crippen molar-refractivity contribution in [3.05, 3.63) is 36.9 Å². The number of rotatable bonds is 4. The second-order valence-electron chi connectivity index (χ2n) is 4.03. The molecule has 0 bridgehead atoms. The Hall–Kier alpha value is -2.30. The van der Waals surface area contributed by atoms with Gasteiger partial charge in [0, 0.05) is 6.54 Å². The summed E-state index contributed by atoms with van der Waals surface area (Å²) in [4.78, 5) is 23.3.